The highest BCUT2D eigenvalue weighted by Gasteiger charge is 2.32. The molecule has 84 valence electrons. The first-order chi connectivity index (χ1) is 7.24. The molecule has 1 aliphatic heterocycles. The molecule has 0 bridgehead atoms. The van der Waals surface area contributed by atoms with E-state index in [2.05, 4.69) is 4.74 Å². The summed E-state index contributed by atoms with van der Waals surface area (Å²) in [6.07, 6.45) is 3.86. The van der Waals surface area contributed by atoms with E-state index in [9.17, 15) is 9.59 Å². The number of carbonyl (C=O) groups is 2. The fourth-order valence-electron chi connectivity index (χ4n) is 1.19. The van der Waals surface area contributed by atoms with Gasteiger partial charge < -0.3 is 14.2 Å². The summed E-state index contributed by atoms with van der Waals surface area (Å²) in [5.41, 5.74) is 0. The van der Waals surface area contributed by atoms with Gasteiger partial charge in [0.2, 0.25) is 0 Å². The van der Waals surface area contributed by atoms with E-state index >= 15 is 0 Å². The standard InChI is InChI=1S/C10H14O5/c1-13-5-6-14-4-2-3-8-7-9(11)15-10(8)12/h2,4,8H,3,5-7H2,1H3/b4-2+. The highest BCUT2D eigenvalue weighted by atomic mass is 16.6. The van der Waals surface area contributed by atoms with E-state index in [1.54, 1.807) is 13.2 Å². The molecule has 0 spiro atoms. The Kier molecular flexibility index (Phi) is 4.83. The molecule has 5 heteroatoms. The Hall–Kier alpha value is -1.36. The molecule has 1 atom stereocenters. The summed E-state index contributed by atoms with van der Waals surface area (Å²) >= 11 is 0. The van der Waals surface area contributed by atoms with Crippen LogP contribution in [0.25, 0.3) is 0 Å². The molecular weight excluding hydrogens is 200 g/mol. The average molecular weight is 214 g/mol. The number of ether oxygens (including phenoxy) is 3. The van der Waals surface area contributed by atoms with E-state index in [-0.39, 0.29) is 12.3 Å². The SMILES string of the molecule is COCCO/C=C/CC1CC(=O)OC1=O. The molecule has 0 aromatic heterocycles. The topological polar surface area (TPSA) is 61.8 Å². The molecule has 0 radical (unpaired) electrons. The molecule has 1 fully saturated rings. The highest BCUT2D eigenvalue weighted by Crippen LogP contribution is 2.19. The van der Waals surface area contributed by atoms with Crippen LogP contribution in [0.15, 0.2) is 12.3 Å². The van der Waals surface area contributed by atoms with E-state index in [4.69, 9.17) is 9.47 Å². The molecule has 1 rings (SSSR count). The van der Waals surface area contributed by atoms with Gasteiger partial charge >= 0.3 is 11.9 Å². The van der Waals surface area contributed by atoms with Crippen molar-refractivity contribution in [2.24, 2.45) is 5.92 Å². The molecule has 0 aliphatic carbocycles. The quantitative estimate of drug-likeness (QED) is 0.281. The Morgan fingerprint density at radius 2 is 2.27 bits per heavy atom. The van der Waals surface area contributed by atoms with E-state index in [1.807, 2.05) is 0 Å². The lowest BCUT2D eigenvalue weighted by atomic mass is 10.0. The first-order valence-electron chi connectivity index (χ1n) is 4.74. The van der Waals surface area contributed by atoms with Crippen molar-refractivity contribution in [3.63, 3.8) is 0 Å². The molecule has 0 amide bonds. The predicted octanol–water partition coefficient (Wildman–Crippen LogP) is 0.643. The number of allylic oxidation sites excluding steroid dienone is 1. The summed E-state index contributed by atoms with van der Waals surface area (Å²) in [4.78, 5) is 21.7. The van der Waals surface area contributed by atoms with Crippen LogP contribution in [-0.2, 0) is 23.8 Å². The minimum absolute atomic E-state index is 0.168. The van der Waals surface area contributed by atoms with Crippen molar-refractivity contribution in [2.45, 2.75) is 12.8 Å². The Balaban J connectivity index is 2.14. The molecule has 1 unspecified atom stereocenters. The van der Waals surface area contributed by atoms with Crippen LogP contribution >= 0.6 is 0 Å². The first kappa shape index (κ1) is 11.7. The highest BCUT2D eigenvalue weighted by molar-refractivity contribution is 5.94. The maximum Gasteiger partial charge on any atom is 0.317 e. The number of hydrogen-bond acceptors (Lipinski definition) is 5. The van der Waals surface area contributed by atoms with Gasteiger partial charge in [-0.25, -0.2) is 0 Å². The molecule has 0 N–H and O–H groups in total. The third-order valence-electron chi connectivity index (χ3n) is 1.98. The average Bonchev–Trinajstić information content (AvgIpc) is 2.51. The lowest BCUT2D eigenvalue weighted by molar-refractivity contribution is -0.153. The molecule has 0 aromatic carbocycles. The monoisotopic (exact) mass is 214 g/mol. The summed E-state index contributed by atoms with van der Waals surface area (Å²) < 4.78 is 14.2. The van der Waals surface area contributed by atoms with Gasteiger partial charge in [-0.05, 0) is 12.5 Å². The van der Waals surface area contributed by atoms with Crippen molar-refractivity contribution in [2.75, 3.05) is 20.3 Å². The normalized spacial score (nSPS) is 21.0. The fourth-order valence-corrected chi connectivity index (χ4v) is 1.19. The number of cyclic esters (lactones) is 2. The van der Waals surface area contributed by atoms with Crippen LogP contribution in [0.4, 0.5) is 0 Å². The van der Waals surface area contributed by atoms with Crippen molar-refractivity contribution < 1.29 is 23.8 Å². The summed E-state index contributed by atoms with van der Waals surface area (Å²) in [5.74, 6) is -1.24. The number of hydrogen-bond donors (Lipinski definition) is 0. The van der Waals surface area contributed by atoms with Crippen molar-refractivity contribution >= 4 is 11.9 Å². The Morgan fingerprint density at radius 3 is 2.87 bits per heavy atom. The van der Waals surface area contributed by atoms with Gasteiger partial charge in [0.25, 0.3) is 0 Å². The van der Waals surface area contributed by atoms with Crippen LogP contribution in [0.5, 0.6) is 0 Å². The molecule has 1 aliphatic rings. The largest absolute Gasteiger partial charge is 0.499 e. The van der Waals surface area contributed by atoms with Crippen LogP contribution in [0.2, 0.25) is 0 Å². The summed E-state index contributed by atoms with van der Waals surface area (Å²) in [5, 5.41) is 0. The van der Waals surface area contributed by atoms with Crippen molar-refractivity contribution in [3.05, 3.63) is 12.3 Å². The van der Waals surface area contributed by atoms with Crippen molar-refractivity contribution in [3.8, 4) is 0 Å². The number of rotatable bonds is 6. The molecule has 1 saturated heterocycles. The second kappa shape index (κ2) is 6.19. The molecule has 1 heterocycles. The minimum atomic E-state index is -0.446. The lowest BCUT2D eigenvalue weighted by Crippen LogP contribution is -2.06. The van der Waals surface area contributed by atoms with E-state index in [0.717, 1.165) is 0 Å². The van der Waals surface area contributed by atoms with E-state index in [1.165, 1.54) is 6.26 Å². The minimum Gasteiger partial charge on any atom is -0.499 e. The number of methoxy groups -OCH3 is 1. The van der Waals surface area contributed by atoms with Crippen LogP contribution in [-0.4, -0.2) is 32.3 Å². The first-order valence-corrected chi connectivity index (χ1v) is 4.74. The van der Waals surface area contributed by atoms with E-state index in [0.29, 0.717) is 19.6 Å². The second-order valence-electron chi connectivity index (χ2n) is 3.17. The molecular formula is C10H14O5. The zero-order valence-corrected chi connectivity index (χ0v) is 8.60. The molecule has 0 saturated carbocycles. The summed E-state index contributed by atoms with van der Waals surface area (Å²) in [7, 11) is 1.59. The second-order valence-corrected chi connectivity index (χ2v) is 3.17. The van der Waals surface area contributed by atoms with Crippen LogP contribution in [0.1, 0.15) is 12.8 Å². The van der Waals surface area contributed by atoms with Crippen molar-refractivity contribution in [1.29, 1.82) is 0 Å². The van der Waals surface area contributed by atoms with Crippen LogP contribution < -0.4 is 0 Å². The summed E-state index contributed by atoms with van der Waals surface area (Å²) in [6.45, 7) is 0.995. The zero-order chi connectivity index (χ0) is 11.1. The van der Waals surface area contributed by atoms with Gasteiger partial charge in [0.15, 0.2) is 0 Å². The third-order valence-corrected chi connectivity index (χ3v) is 1.98. The van der Waals surface area contributed by atoms with Crippen LogP contribution in [0, 0.1) is 5.92 Å². The Morgan fingerprint density at radius 1 is 1.47 bits per heavy atom. The maximum atomic E-state index is 11.0. The Labute approximate surface area is 88.0 Å². The number of carbonyl (C=O) groups excluding carboxylic acids is 2. The van der Waals surface area contributed by atoms with Crippen LogP contribution in [0.3, 0.4) is 0 Å². The molecule has 5 nitrogen and oxygen atoms in total. The smallest absolute Gasteiger partial charge is 0.317 e. The van der Waals surface area contributed by atoms with Gasteiger partial charge in [0.05, 0.1) is 25.2 Å². The van der Waals surface area contributed by atoms with Crippen molar-refractivity contribution in [1.82, 2.24) is 0 Å². The maximum absolute atomic E-state index is 11.0. The molecule has 15 heavy (non-hydrogen) atoms. The van der Waals surface area contributed by atoms with Gasteiger partial charge in [-0.2, -0.15) is 0 Å². The lowest BCUT2D eigenvalue weighted by Gasteiger charge is -2.00. The molecule has 0 aromatic rings. The van der Waals surface area contributed by atoms with Gasteiger partial charge in [-0.1, -0.05) is 0 Å². The fraction of sp³-hybridized carbons (Fsp3) is 0.600. The summed E-state index contributed by atoms with van der Waals surface area (Å²) in [6, 6.07) is 0. The van der Waals surface area contributed by atoms with Gasteiger partial charge in [-0.3, -0.25) is 9.59 Å². The van der Waals surface area contributed by atoms with Gasteiger partial charge in [0, 0.05) is 7.11 Å². The third kappa shape index (κ3) is 4.12. The Bertz CT molecular complexity index is 259. The van der Waals surface area contributed by atoms with Gasteiger partial charge in [0.1, 0.15) is 6.61 Å². The number of esters is 2. The van der Waals surface area contributed by atoms with E-state index < -0.39 is 11.9 Å². The zero-order valence-electron chi connectivity index (χ0n) is 8.60. The van der Waals surface area contributed by atoms with Gasteiger partial charge in [-0.15, -0.1) is 0 Å². The predicted molar refractivity (Wildman–Crippen MR) is 50.8 cm³/mol.